The van der Waals surface area contributed by atoms with Crippen LogP contribution >= 0.6 is 0 Å². The van der Waals surface area contributed by atoms with Crippen molar-refractivity contribution >= 4 is 23.6 Å². The largest absolute Gasteiger partial charge is 1.00 e. The van der Waals surface area contributed by atoms with Gasteiger partial charge in [-0.3, -0.25) is 29.0 Å². The van der Waals surface area contributed by atoms with Crippen LogP contribution in [0.5, 0.6) is 0 Å². The zero-order valence-electron chi connectivity index (χ0n) is 22.2. The minimum atomic E-state index is -0.366. The fraction of sp³-hybridized carbons (Fsp3) is 0.769. The SMILES string of the molecule is CC[N+](C)(C)CCN1C(=O)C2C3C=CC(C2C1=O)C1C2C(=O)N(CC[N+](C)(C)CC)C(=O)C2C31.[I-].[I-]. The first-order chi connectivity index (χ1) is 15.9. The van der Waals surface area contributed by atoms with Gasteiger partial charge < -0.3 is 56.9 Å². The molecule has 2 bridgehead atoms. The molecule has 10 heteroatoms. The van der Waals surface area contributed by atoms with E-state index in [1.54, 1.807) is 0 Å². The van der Waals surface area contributed by atoms with Crippen LogP contribution in [0.15, 0.2) is 12.2 Å². The number of imide groups is 2. The van der Waals surface area contributed by atoms with Gasteiger partial charge in [-0.05, 0) is 37.5 Å². The maximum atomic E-state index is 13.5. The van der Waals surface area contributed by atoms with E-state index in [4.69, 9.17) is 0 Å². The molecule has 2 aliphatic heterocycles. The lowest BCUT2D eigenvalue weighted by atomic mass is 9.40. The number of carbonyl (C=O) groups is 4. The van der Waals surface area contributed by atoms with Gasteiger partial charge >= 0.3 is 0 Å². The standard InChI is InChI=1S/C26H40N4O4.2HI/c1-7-29(3,4)13-11-27-23(31)19-15-9-10-16(20(19)24(27)32)18-17(15)21-22(18)26(34)28(25(21)33)12-14-30(5,6)8-2;;/h9-10,15-22H,7-8,11-14H2,1-6H3;2*1H/q+2;;/p-2. The Labute approximate surface area is 249 Å². The summed E-state index contributed by atoms with van der Waals surface area (Å²) in [5.41, 5.74) is 0. The van der Waals surface area contributed by atoms with Crippen LogP contribution in [0.4, 0.5) is 0 Å². The normalized spacial score (nSPS) is 36.3. The van der Waals surface area contributed by atoms with Crippen molar-refractivity contribution in [2.45, 2.75) is 13.8 Å². The predicted molar refractivity (Wildman–Crippen MR) is 126 cm³/mol. The molecule has 202 valence electrons. The number of likely N-dealkylation sites (tertiary alicyclic amines) is 2. The third-order valence-electron chi connectivity index (χ3n) is 10.1. The topological polar surface area (TPSA) is 74.8 Å². The Morgan fingerprint density at radius 1 is 0.611 bits per heavy atom. The van der Waals surface area contributed by atoms with Crippen LogP contribution in [0.1, 0.15) is 13.8 Å². The fourth-order valence-electron chi connectivity index (χ4n) is 7.22. The van der Waals surface area contributed by atoms with Crippen molar-refractivity contribution in [3.05, 3.63) is 12.2 Å². The number of allylic oxidation sites excluding steroid dienone is 2. The molecule has 0 aromatic heterocycles. The number of carbonyl (C=O) groups excluding carboxylic acids is 4. The summed E-state index contributed by atoms with van der Waals surface area (Å²) in [6.07, 6.45) is 4.17. The van der Waals surface area contributed by atoms with E-state index in [2.05, 4.69) is 54.2 Å². The zero-order valence-corrected chi connectivity index (χ0v) is 26.5. The minimum absolute atomic E-state index is 0. The summed E-state index contributed by atoms with van der Waals surface area (Å²) in [5, 5.41) is 0. The van der Waals surface area contributed by atoms with Crippen molar-refractivity contribution in [2.24, 2.45) is 47.3 Å². The maximum absolute atomic E-state index is 13.5. The van der Waals surface area contributed by atoms with E-state index < -0.39 is 0 Å². The van der Waals surface area contributed by atoms with Gasteiger partial charge in [-0.15, -0.1) is 0 Å². The number of fused-ring (bicyclic) bond motifs is 1. The highest BCUT2D eigenvalue weighted by Gasteiger charge is 2.74. The van der Waals surface area contributed by atoms with Crippen molar-refractivity contribution in [2.75, 3.05) is 67.5 Å². The molecule has 0 aromatic carbocycles. The van der Waals surface area contributed by atoms with Gasteiger partial charge in [-0.2, -0.15) is 0 Å². The van der Waals surface area contributed by atoms with Crippen LogP contribution in [0, 0.1) is 47.3 Å². The average molecular weight is 726 g/mol. The first-order valence-electron chi connectivity index (χ1n) is 13.0. The molecule has 4 fully saturated rings. The van der Waals surface area contributed by atoms with Gasteiger partial charge in [0.15, 0.2) is 0 Å². The number of amides is 4. The summed E-state index contributed by atoms with van der Waals surface area (Å²) >= 11 is 0. The Balaban J connectivity index is 0.00000180. The minimum Gasteiger partial charge on any atom is -1.00 e. The highest BCUT2D eigenvalue weighted by atomic mass is 127. The lowest BCUT2D eigenvalue weighted by molar-refractivity contribution is -0.887. The van der Waals surface area contributed by atoms with Gasteiger partial charge in [0.05, 0.1) is 91.1 Å². The predicted octanol–water partition coefficient (Wildman–Crippen LogP) is -5.55. The van der Waals surface area contributed by atoms with E-state index in [1.807, 2.05) is 0 Å². The molecule has 4 aliphatic carbocycles. The second-order valence-electron chi connectivity index (χ2n) is 12.4. The van der Waals surface area contributed by atoms with Crippen LogP contribution < -0.4 is 48.0 Å². The van der Waals surface area contributed by atoms with Crippen molar-refractivity contribution in [3.8, 4) is 0 Å². The second-order valence-corrected chi connectivity index (χ2v) is 12.4. The Bertz CT molecular complexity index is 927. The van der Waals surface area contributed by atoms with Gasteiger partial charge in [0.2, 0.25) is 23.6 Å². The molecule has 2 heterocycles. The van der Waals surface area contributed by atoms with Crippen LogP contribution in [0.25, 0.3) is 0 Å². The summed E-state index contributed by atoms with van der Waals surface area (Å²) in [6.45, 7) is 8.41. The van der Waals surface area contributed by atoms with Crippen LogP contribution in [-0.2, 0) is 19.2 Å². The van der Waals surface area contributed by atoms with Gasteiger partial charge in [-0.25, -0.2) is 0 Å². The average Bonchev–Trinajstić information content (AvgIpc) is 3.15. The molecule has 8 atom stereocenters. The lowest BCUT2D eigenvalue weighted by Crippen LogP contribution is -3.00. The summed E-state index contributed by atoms with van der Waals surface area (Å²) < 4.78 is 1.50. The summed E-state index contributed by atoms with van der Waals surface area (Å²) in [7, 11) is 8.42. The summed E-state index contributed by atoms with van der Waals surface area (Å²) in [5.74, 6) is -1.82. The quantitative estimate of drug-likeness (QED) is 0.108. The summed E-state index contributed by atoms with van der Waals surface area (Å²) in [4.78, 5) is 56.7. The molecule has 0 spiro atoms. The molecule has 0 aromatic rings. The van der Waals surface area contributed by atoms with Crippen molar-refractivity contribution in [1.29, 1.82) is 0 Å². The molecule has 4 amide bonds. The molecule has 8 unspecified atom stereocenters. The molecule has 8 nitrogen and oxygen atoms in total. The summed E-state index contributed by atoms with van der Waals surface area (Å²) in [6, 6.07) is 0. The maximum Gasteiger partial charge on any atom is 0.233 e. The molecule has 36 heavy (non-hydrogen) atoms. The molecule has 0 radical (unpaired) electrons. The van der Waals surface area contributed by atoms with Crippen LogP contribution in [0.3, 0.4) is 0 Å². The van der Waals surface area contributed by atoms with E-state index in [-0.39, 0.29) is 119 Å². The number of halogens is 2. The number of hydrogen-bond acceptors (Lipinski definition) is 4. The van der Waals surface area contributed by atoms with E-state index in [0.717, 1.165) is 35.1 Å². The van der Waals surface area contributed by atoms with Crippen molar-refractivity contribution in [1.82, 2.24) is 9.80 Å². The third-order valence-corrected chi connectivity index (χ3v) is 10.1. The highest BCUT2D eigenvalue weighted by Crippen LogP contribution is 2.68. The van der Waals surface area contributed by atoms with E-state index in [1.165, 1.54) is 9.80 Å². The van der Waals surface area contributed by atoms with E-state index in [0.29, 0.717) is 13.1 Å². The number of hydrogen-bond donors (Lipinski definition) is 0. The molecule has 2 saturated carbocycles. The number of quaternary nitrogens is 2. The van der Waals surface area contributed by atoms with Gasteiger partial charge in [0, 0.05) is 0 Å². The van der Waals surface area contributed by atoms with E-state index in [9.17, 15) is 19.2 Å². The second kappa shape index (κ2) is 10.2. The van der Waals surface area contributed by atoms with Crippen LogP contribution in [-0.4, -0.2) is 110 Å². The van der Waals surface area contributed by atoms with Gasteiger partial charge in [0.25, 0.3) is 0 Å². The first-order valence-corrected chi connectivity index (χ1v) is 13.0. The Morgan fingerprint density at radius 3 is 1.22 bits per heavy atom. The van der Waals surface area contributed by atoms with Gasteiger partial charge in [0.1, 0.15) is 0 Å². The van der Waals surface area contributed by atoms with Crippen LogP contribution in [0.2, 0.25) is 0 Å². The zero-order chi connectivity index (χ0) is 24.7. The third kappa shape index (κ3) is 4.29. The number of nitrogens with zero attached hydrogens (tertiary/aromatic N) is 4. The molecule has 6 rings (SSSR count). The first kappa shape index (κ1) is 29.9. The molecule has 0 N–H and O–H groups in total. The van der Waals surface area contributed by atoms with Gasteiger partial charge in [-0.1, -0.05) is 12.2 Å². The Kier molecular flexibility index (Phi) is 8.47. The monoisotopic (exact) mass is 726 g/mol. The molecule has 6 aliphatic rings. The number of likely N-dealkylation sites (N-methyl/N-ethyl adjacent to an activating group) is 2. The fourth-order valence-corrected chi connectivity index (χ4v) is 7.22. The van der Waals surface area contributed by atoms with E-state index >= 15 is 0 Å². The highest BCUT2D eigenvalue weighted by molar-refractivity contribution is 6.09. The molecular weight excluding hydrogens is 686 g/mol. The Hall–Kier alpha value is -0.600. The Morgan fingerprint density at radius 2 is 0.917 bits per heavy atom. The number of rotatable bonds is 8. The molecule has 2 saturated heterocycles. The van der Waals surface area contributed by atoms with Crippen molar-refractivity contribution < 1.29 is 76.1 Å². The smallest absolute Gasteiger partial charge is 0.233 e. The lowest BCUT2D eigenvalue weighted by Gasteiger charge is -2.60. The van der Waals surface area contributed by atoms with Crippen molar-refractivity contribution in [3.63, 3.8) is 0 Å². The molecular formula is C26H40I2N4O4.